The molecule has 0 N–H and O–H groups in total. The zero-order chi connectivity index (χ0) is 13.7. The predicted molar refractivity (Wildman–Crippen MR) is 75.5 cm³/mol. The van der Waals surface area contributed by atoms with Crippen LogP contribution in [-0.4, -0.2) is 29.3 Å². The van der Waals surface area contributed by atoms with Crippen molar-refractivity contribution in [1.29, 1.82) is 0 Å². The minimum atomic E-state index is 0.0613. The molecule has 98 valence electrons. The van der Waals surface area contributed by atoms with Crippen molar-refractivity contribution in [2.75, 3.05) is 18.5 Å². The van der Waals surface area contributed by atoms with Crippen LogP contribution in [0.1, 0.15) is 22.8 Å². The first-order valence-corrected chi connectivity index (χ1v) is 6.24. The fourth-order valence-electron chi connectivity index (χ4n) is 1.81. The Morgan fingerprint density at radius 1 is 1.21 bits per heavy atom. The summed E-state index contributed by atoms with van der Waals surface area (Å²) in [5.41, 5.74) is 1.94. The lowest BCUT2D eigenvalue weighted by atomic mass is 10.2. The van der Waals surface area contributed by atoms with Gasteiger partial charge in [-0.2, -0.15) is 0 Å². The summed E-state index contributed by atoms with van der Waals surface area (Å²) in [6.07, 6.45) is 6.19. The molecule has 0 aliphatic carbocycles. The van der Waals surface area contributed by atoms with Crippen molar-refractivity contribution in [1.82, 2.24) is 9.97 Å². The summed E-state index contributed by atoms with van der Waals surface area (Å²) in [5, 5.41) is 0. The molecule has 0 aromatic carbocycles. The SMILES string of the molecule is CC(=O)c1ccnc(N(C)CCc2ccncc2)c1. The van der Waals surface area contributed by atoms with Crippen LogP contribution in [-0.2, 0) is 6.42 Å². The Kier molecular flexibility index (Phi) is 4.23. The molecule has 0 bridgehead atoms. The first-order chi connectivity index (χ1) is 9.16. The van der Waals surface area contributed by atoms with Gasteiger partial charge in [0.1, 0.15) is 5.82 Å². The number of nitrogens with zero attached hydrogens (tertiary/aromatic N) is 3. The van der Waals surface area contributed by atoms with Gasteiger partial charge in [0, 0.05) is 37.7 Å². The van der Waals surface area contributed by atoms with E-state index in [2.05, 4.69) is 9.97 Å². The fraction of sp³-hybridized carbons (Fsp3) is 0.267. The molecule has 4 heteroatoms. The molecular formula is C15H17N3O. The molecule has 0 saturated heterocycles. The van der Waals surface area contributed by atoms with Crippen molar-refractivity contribution in [3.8, 4) is 0 Å². The van der Waals surface area contributed by atoms with Crippen LogP contribution in [0.25, 0.3) is 0 Å². The lowest BCUT2D eigenvalue weighted by molar-refractivity contribution is 0.101. The Balaban J connectivity index is 2.02. The average Bonchev–Trinajstić information content (AvgIpc) is 2.46. The van der Waals surface area contributed by atoms with E-state index in [0.717, 1.165) is 18.8 Å². The van der Waals surface area contributed by atoms with Gasteiger partial charge in [-0.25, -0.2) is 4.98 Å². The van der Waals surface area contributed by atoms with Crippen LogP contribution < -0.4 is 4.90 Å². The second-order valence-electron chi connectivity index (χ2n) is 4.49. The predicted octanol–water partition coefficient (Wildman–Crippen LogP) is 2.36. The van der Waals surface area contributed by atoms with Crippen LogP contribution >= 0.6 is 0 Å². The average molecular weight is 255 g/mol. The zero-order valence-electron chi connectivity index (χ0n) is 11.2. The van der Waals surface area contributed by atoms with E-state index < -0.39 is 0 Å². The normalized spacial score (nSPS) is 10.2. The summed E-state index contributed by atoms with van der Waals surface area (Å²) in [6.45, 7) is 2.41. The molecule has 0 atom stereocenters. The second kappa shape index (κ2) is 6.09. The molecular weight excluding hydrogens is 238 g/mol. The minimum Gasteiger partial charge on any atom is -0.359 e. The number of aromatic nitrogens is 2. The van der Waals surface area contributed by atoms with Gasteiger partial charge in [0.15, 0.2) is 5.78 Å². The lowest BCUT2D eigenvalue weighted by Gasteiger charge is -2.18. The number of likely N-dealkylation sites (N-methyl/N-ethyl adjacent to an activating group) is 1. The highest BCUT2D eigenvalue weighted by Crippen LogP contribution is 2.12. The van der Waals surface area contributed by atoms with Gasteiger partial charge in [-0.3, -0.25) is 9.78 Å². The number of carbonyl (C=O) groups excluding carboxylic acids is 1. The van der Waals surface area contributed by atoms with Gasteiger partial charge in [0.25, 0.3) is 0 Å². The van der Waals surface area contributed by atoms with Gasteiger partial charge < -0.3 is 4.90 Å². The summed E-state index contributed by atoms with van der Waals surface area (Å²) in [5.74, 6) is 0.882. The van der Waals surface area contributed by atoms with Gasteiger partial charge in [0.05, 0.1) is 0 Å². The van der Waals surface area contributed by atoms with Crippen LogP contribution in [0.3, 0.4) is 0 Å². The van der Waals surface area contributed by atoms with Crippen LogP contribution in [0.5, 0.6) is 0 Å². The van der Waals surface area contributed by atoms with Crippen LogP contribution in [0.2, 0.25) is 0 Å². The molecule has 0 unspecified atom stereocenters. The Labute approximate surface area is 113 Å². The Bertz CT molecular complexity index is 554. The first-order valence-electron chi connectivity index (χ1n) is 6.24. The van der Waals surface area contributed by atoms with Crippen LogP contribution in [0.15, 0.2) is 42.9 Å². The molecule has 0 aliphatic heterocycles. The number of hydrogen-bond donors (Lipinski definition) is 0. The zero-order valence-corrected chi connectivity index (χ0v) is 11.2. The molecule has 0 fully saturated rings. The summed E-state index contributed by atoms with van der Waals surface area (Å²) < 4.78 is 0. The molecule has 0 spiro atoms. The van der Waals surface area contributed by atoms with E-state index in [1.807, 2.05) is 30.1 Å². The third kappa shape index (κ3) is 3.61. The van der Waals surface area contributed by atoms with Gasteiger partial charge >= 0.3 is 0 Å². The molecule has 2 aromatic heterocycles. The highest BCUT2D eigenvalue weighted by molar-refractivity contribution is 5.94. The van der Waals surface area contributed by atoms with E-state index in [-0.39, 0.29) is 5.78 Å². The van der Waals surface area contributed by atoms with E-state index in [0.29, 0.717) is 5.56 Å². The monoisotopic (exact) mass is 255 g/mol. The van der Waals surface area contributed by atoms with E-state index in [1.54, 1.807) is 31.6 Å². The van der Waals surface area contributed by atoms with Gasteiger partial charge in [0.2, 0.25) is 0 Å². The van der Waals surface area contributed by atoms with E-state index in [1.165, 1.54) is 5.56 Å². The number of anilines is 1. The Morgan fingerprint density at radius 3 is 2.63 bits per heavy atom. The lowest BCUT2D eigenvalue weighted by Crippen LogP contribution is -2.21. The van der Waals surface area contributed by atoms with Crippen molar-refractivity contribution in [3.05, 3.63) is 54.0 Å². The van der Waals surface area contributed by atoms with Crippen molar-refractivity contribution >= 4 is 11.6 Å². The molecule has 19 heavy (non-hydrogen) atoms. The van der Waals surface area contributed by atoms with Crippen LogP contribution in [0, 0.1) is 0 Å². The van der Waals surface area contributed by atoms with E-state index >= 15 is 0 Å². The summed E-state index contributed by atoms with van der Waals surface area (Å²) in [6, 6.07) is 7.58. The molecule has 0 aliphatic rings. The van der Waals surface area contributed by atoms with Gasteiger partial charge in [-0.15, -0.1) is 0 Å². The summed E-state index contributed by atoms with van der Waals surface area (Å²) >= 11 is 0. The highest BCUT2D eigenvalue weighted by atomic mass is 16.1. The number of rotatable bonds is 5. The summed E-state index contributed by atoms with van der Waals surface area (Å²) in [4.78, 5) is 21.7. The standard InChI is InChI=1S/C15H17N3O/c1-12(19)14-5-9-17-15(11-14)18(2)10-6-13-3-7-16-8-4-13/h3-5,7-9,11H,6,10H2,1-2H3. The third-order valence-corrected chi connectivity index (χ3v) is 3.03. The Hall–Kier alpha value is -2.23. The second-order valence-corrected chi connectivity index (χ2v) is 4.49. The summed E-state index contributed by atoms with van der Waals surface area (Å²) in [7, 11) is 1.98. The molecule has 4 nitrogen and oxygen atoms in total. The third-order valence-electron chi connectivity index (χ3n) is 3.03. The first kappa shape index (κ1) is 13.2. The maximum Gasteiger partial charge on any atom is 0.159 e. The number of carbonyl (C=O) groups is 1. The molecule has 2 rings (SSSR count). The maximum absolute atomic E-state index is 11.3. The maximum atomic E-state index is 11.3. The van der Waals surface area contributed by atoms with Crippen LogP contribution in [0.4, 0.5) is 5.82 Å². The van der Waals surface area contributed by atoms with Gasteiger partial charge in [-0.05, 0) is 43.2 Å². The molecule has 2 aromatic rings. The van der Waals surface area contributed by atoms with Gasteiger partial charge in [-0.1, -0.05) is 0 Å². The topological polar surface area (TPSA) is 46.1 Å². The number of ketones is 1. The number of pyridine rings is 2. The van der Waals surface area contributed by atoms with E-state index in [9.17, 15) is 4.79 Å². The molecule has 0 saturated carbocycles. The van der Waals surface area contributed by atoms with Crippen molar-refractivity contribution in [2.24, 2.45) is 0 Å². The molecule has 0 amide bonds. The van der Waals surface area contributed by atoms with E-state index in [4.69, 9.17) is 0 Å². The quantitative estimate of drug-likeness (QED) is 0.769. The fourth-order valence-corrected chi connectivity index (χ4v) is 1.81. The Morgan fingerprint density at radius 2 is 1.95 bits per heavy atom. The van der Waals surface area contributed by atoms with Crippen molar-refractivity contribution in [2.45, 2.75) is 13.3 Å². The smallest absolute Gasteiger partial charge is 0.159 e. The van der Waals surface area contributed by atoms with Crippen molar-refractivity contribution < 1.29 is 4.79 Å². The minimum absolute atomic E-state index is 0.0613. The van der Waals surface area contributed by atoms with Crippen molar-refractivity contribution in [3.63, 3.8) is 0 Å². The molecule has 2 heterocycles. The molecule has 0 radical (unpaired) electrons. The largest absolute Gasteiger partial charge is 0.359 e. The number of Topliss-reactive ketones (excluding diaryl/α,β-unsaturated/α-hetero) is 1. The highest BCUT2D eigenvalue weighted by Gasteiger charge is 2.06. The number of hydrogen-bond acceptors (Lipinski definition) is 4.